The molecule has 36 heavy (non-hydrogen) atoms. The van der Waals surface area contributed by atoms with Crippen LogP contribution in [0.1, 0.15) is 37.9 Å². The Kier molecular flexibility index (Phi) is 5.88. The lowest BCUT2D eigenvalue weighted by Gasteiger charge is -2.25. The third-order valence-corrected chi connectivity index (χ3v) is 7.33. The highest BCUT2D eigenvalue weighted by atomic mass is 32.1. The van der Waals surface area contributed by atoms with E-state index in [0.717, 1.165) is 17.0 Å². The van der Waals surface area contributed by atoms with Crippen LogP contribution in [-0.4, -0.2) is 36.7 Å². The Morgan fingerprint density at radius 1 is 1.08 bits per heavy atom. The molecule has 2 aliphatic heterocycles. The summed E-state index contributed by atoms with van der Waals surface area (Å²) in [6, 6.07) is 13.8. The first-order chi connectivity index (χ1) is 17.2. The van der Waals surface area contributed by atoms with E-state index in [1.807, 2.05) is 36.4 Å². The highest BCUT2D eigenvalue weighted by Crippen LogP contribution is 2.35. The maximum absolute atomic E-state index is 14.0. The molecule has 1 atom stereocenters. The first-order valence-corrected chi connectivity index (χ1v) is 12.3. The van der Waals surface area contributed by atoms with Crippen LogP contribution in [0.2, 0.25) is 0 Å². The minimum Gasteiger partial charge on any atom is -0.497 e. The zero-order chi connectivity index (χ0) is 25.7. The lowest BCUT2D eigenvalue weighted by atomic mass is 9.95. The summed E-state index contributed by atoms with van der Waals surface area (Å²) in [7, 11) is 3.26. The summed E-state index contributed by atoms with van der Waals surface area (Å²) < 4.78 is 12.6. The second-order valence-electron chi connectivity index (χ2n) is 8.89. The van der Waals surface area contributed by atoms with Crippen LogP contribution in [0.25, 0.3) is 5.57 Å². The second-order valence-corrected chi connectivity index (χ2v) is 9.86. The maximum Gasteiger partial charge on any atom is 0.338 e. The van der Waals surface area contributed by atoms with E-state index in [2.05, 4.69) is 4.99 Å². The number of likely N-dealkylation sites (N-methyl/N-ethyl adjacent to an activating group) is 1. The Balaban J connectivity index is 1.80. The predicted octanol–water partition coefficient (Wildman–Crippen LogP) is 2.54. The molecule has 8 nitrogen and oxygen atoms in total. The molecule has 3 heterocycles. The summed E-state index contributed by atoms with van der Waals surface area (Å²) in [6.45, 7) is 5.28. The number of ether oxygens (including phenoxy) is 2. The summed E-state index contributed by atoms with van der Waals surface area (Å²) in [5.41, 5.74) is 2.86. The van der Waals surface area contributed by atoms with Crippen LogP contribution in [-0.2, 0) is 14.3 Å². The molecule has 0 saturated heterocycles. The quantitative estimate of drug-likeness (QED) is 0.511. The number of methoxy groups -OCH3 is 1. The number of para-hydroxylation sites is 1. The molecule has 0 aliphatic carbocycles. The highest BCUT2D eigenvalue weighted by Gasteiger charge is 2.36. The number of anilines is 1. The van der Waals surface area contributed by atoms with Gasteiger partial charge in [0, 0.05) is 12.6 Å². The first-order valence-electron chi connectivity index (χ1n) is 11.5. The molecule has 3 aromatic rings. The normalized spacial score (nSPS) is 18.2. The molecule has 184 valence electrons. The summed E-state index contributed by atoms with van der Waals surface area (Å²) >= 11 is 1.15. The number of amides is 1. The SMILES string of the molecule is COc1ccc([C@H]2C(C(=O)OC(C)C)=C(C)N=c3s/c(=C4/C(=O)N(C)c5ccccc54)c(=O)n32)cc1. The average Bonchev–Trinajstić information content (AvgIpc) is 3.30. The zero-order valence-electron chi connectivity index (χ0n) is 20.6. The Morgan fingerprint density at radius 3 is 2.44 bits per heavy atom. The van der Waals surface area contributed by atoms with E-state index in [0.29, 0.717) is 37.5 Å². The van der Waals surface area contributed by atoms with Gasteiger partial charge in [-0.3, -0.25) is 14.2 Å². The van der Waals surface area contributed by atoms with Gasteiger partial charge in [0.2, 0.25) is 0 Å². The van der Waals surface area contributed by atoms with Crippen LogP contribution >= 0.6 is 11.3 Å². The van der Waals surface area contributed by atoms with Crippen molar-refractivity contribution in [1.29, 1.82) is 0 Å². The minimum absolute atomic E-state index is 0.252. The van der Waals surface area contributed by atoms with Gasteiger partial charge in [0.05, 0.1) is 41.8 Å². The molecule has 0 radical (unpaired) electrons. The van der Waals surface area contributed by atoms with Crippen molar-refractivity contribution in [1.82, 2.24) is 4.57 Å². The van der Waals surface area contributed by atoms with Gasteiger partial charge in [0.1, 0.15) is 10.3 Å². The van der Waals surface area contributed by atoms with E-state index in [9.17, 15) is 14.4 Å². The Morgan fingerprint density at radius 2 is 1.78 bits per heavy atom. The number of rotatable bonds is 4. The highest BCUT2D eigenvalue weighted by molar-refractivity contribution is 7.07. The van der Waals surface area contributed by atoms with Gasteiger partial charge < -0.3 is 14.4 Å². The average molecular weight is 504 g/mol. The zero-order valence-corrected chi connectivity index (χ0v) is 21.4. The molecule has 0 unspecified atom stereocenters. The largest absolute Gasteiger partial charge is 0.497 e. The number of hydrogen-bond acceptors (Lipinski definition) is 7. The van der Waals surface area contributed by atoms with E-state index in [1.165, 1.54) is 4.57 Å². The summed E-state index contributed by atoms with van der Waals surface area (Å²) in [5, 5.41) is 0. The molecular weight excluding hydrogens is 478 g/mol. The Bertz CT molecular complexity index is 1610. The number of fused-ring (bicyclic) bond motifs is 2. The lowest BCUT2D eigenvalue weighted by molar-refractivity contribution is -0.143. The van der Waals surface area contributed by atoms with Gasteiger partial charge in [0.15, 0.2) is 4.80 Å². The second kappa shape index (κ2) is 8.91. The van der Waals surface area contributed by atoms with Crippen molar-refractivity contribution in [2.24, 2.45) is 4.99 Å². The van der Waals surface area contributed by atoms with Crippen LogP contribution in [0.5, 0.6) is 5.75 Å². The number of hydrogen-bond donors (Lipinski definition) is 0. The Hall–Kier alpha value is -3.98. The van der Waals surface area contributed by atoms with Gasteiger partial charge in [0.25, 0.3) is 11.5 Å². The van der Waals surface area contributed by atoms with Gasteiger partial charge in [-0.05, 0) is 44.5 Å². The molecular formula is C27H25N3O5S. The predicted molar refractivity (Wildman–Crippen MR) is 137 cm³/mol. The molecule has 1 aromatic heterocycles. The van der Waals surface area contributed by atoms with E-state index in [-0.39, 0.29) is 23.1 Å². The van der Waals surface area contributed by atoms with Crippen LogP contribution < -0.4 is 24.5 Å². The van der Waals surface area contributed by atoms with Crippen molar-refractivity contribution in [2.45, 2.75) is 32.9 Å². The van der Waals surface area contributed by atoms with Crippen molar-refractivity contribution in [3.05, 3.63) is 90.6 Å². The fraction of sp³-hybridized carbons (Fsp3) is 0.259. The van der Waals surface area contributed by atoms with Crippen LogP contribution in [0, 0.1) is 0 Å². The van der Waals surface area contributed by atoms with E-state index < -0.39 is 12.0 Å². The molecule has 5 rings (SSSR count). The number of carbonyl (C=O) groups excluding carboxylic acids is 2. The van der Waals surface area contributed by atoms with E-state index in [1.54, 1.807) is 52.0 Å². The van der Waals surface area contributed by atoms with Crippen molar-refractivity contribution in [3.8, 4) is 5.75 Å². The molecule has 0 bridgehead atoms. The molecule has 0 spiro atoms. The summed E-state index contributed by atoms with van der Waals surface area (Å²) in [6.07, 6.45) is -0.343. The Labute approximate surface area is 211 Å². The summed E-state index contributed by atoms with van der Waals surface area (Å²) in [4.78, 5) is 47.0. The molecule has 2 aromatic carbocycles. The molecule has 0 N–H and O–H groups in total. The third kappa shape index (κ3) is 3.67. The number of benzene rings is 2. The van der Waals surface area contributed by atoms with E-state index in [4.69, 9.17) is 9.47 Å². The number of thiazole rings is 1. The fourth-order valence-electron chi connectivity index (χ4n) is 4.60. The smallest absolute Gasteiger partial charge is 0.338 e. The third-order valence-electron chi connectivity index (χ3n) is 6.27. The van der Waals surface area contributed by atoms with Crippen molar-refractivity contribution in [3.63, 3.8) is 0 Å². The minimum atomic E-state index is -0.766. The van der Waals surface area contributed by atoms with Gasteiger partial charge in [-0.25, -0.2) is 9.79 Å². The van der Waals surface area contributed by atoms with Crippen molar-refractivity contribution >= 4 is 34.5 Å². The van der Waals surface area contributed by atoms with Crippen LogP contribution in [0.4, 0.5) is 5.69 Å². The number of aromatic nitrogens is 1. The van der Waals surface area contributed by atoms with Gasteiger partial charge in [-0.1, -0.05) is 41.7 Å². The molecule has 0 saturated carbocycles. The van der Waals surface area contributed by atoms with Crippen LogP contribution in [0.15, 0.2) is 69.6 Å². The maximum atomic E-state index is 14.0. The molecule has 1 amide bonds. The van der Waals surface area contributed by atoms with Gasteiger partial charge >= 0.3 is 5.97 Å². The van der Waals surface area contributed by atoms with Crippen LogP contribution in [0.3, 0.4) is 0 Å². The van der Waals surface area contributed by atoms with Gasteiger partial charge in [-0.2, -0.15) is 0 Å². The molecule has 2 aliphatic rings. The first kappa shape index (κ1) is 23.7. The fourth-order valence-corrected chi connectivity index (χ4v) is 5.74. The van der Waals surface area contributed by atoms with E-state index >= 15 is 0 Å². The number of allylic oxidation sites excluding steroid dienone is 1. The topological polar surface area (TPSA) is 90.2 Å². The van der Waals surface area contributed by atoms with Crippen molar-refractivity contribution in [2.75, 3.05) is 19.1 Å². The van der Waals surface area contributed by atoms with Gasteiger partial charge in [-0.15, -0.1) is 0 Å². The molecule has 0 fully saturated rings. The lowest BCUT2D eigenvalue weighted by Crippen LogP contribution is -2.41. The summed E-state index contributed by atoms with van der Waals surface area (Å²) in [5.74, 6) is -0.138. The number of esters is 1. The monoisotopic (exact) mass is 503 g/mol. The number of carbonyl (C=O) groups is 2. The number of nitrogens with zero attached hydrogens (tertiary/aromatic N) is 3. The standard InChI is InChI=1S/C27H25N3O5S/c1-14(2)35-26(33)20-15(3)28-27-30(22(20)16-10-12-17(34-5)13-11-16)25(32)23(36-27)21-18-8-6-7-9-19(18)29(4)24(21)31/h6-14,22H,1-5H3/b23-21+/t22-/m0/s1. The molecule has 9 heteroatoms. The van der Waals surface area contributed by atoms with Crippen molar-refractivity contribution < 1.29 is 19.1 Å².